The third-order valence-electron chi connectivity index (χ3n) is 2.42. The fraction of sp³-hybridized carbons (Fsp3) is 1.00. The molecule has 2 heteroatoms. The summed E-state index contributed by atoms with van der Waals surface area (Å²) in [6.07, 6.45) is 2.87. The molecule has 0 aromatic carbocycles. The number of hydrogen-bond acceptors (Lipinski definition) is 2. The van der Waals surface area contributed by atoms with Crippen molar-refractivity contribution in [3.8, 4) is 0 Å². The van der Waals surface area contributed by atoms with E-state index in [9.17, 15) is 0 Å². The van der Waals surface area contributed by atoms with E-state index in [-0.39, 0.29) is 0 Å². The lowest BCUT2D eigenvalue weighted by molar-refractivity contribution is 0.116. The number of hydrogen-bond donors (Lipinski definition) is 1. The first-order valence-electron chi connectivity index (χ1n) is 4.98. The summed E-state index contributed by atoms with van der Waals surface area (Å²) < 4.78 is 5.14. The van der Waals surface area contributed by atoms with Gasteiger partial charge in [0.1, 0.15) is 0 Å². The molecule has 74 valence electrons. The van der Waals surface area contributed by atoms with E-state index in [1.54, 1.807) is 7.11 Å². The Morgan fingerprint density at radius 3 is 2.17 bits per heavy atom. The highest BCUT2D eigenvalue weighted by Crippen LogP contribution is 2.04. The van der Waals surface area contributed by atoms with Crippen LogP contribution in [0.25, 0.3) is 0 Å². The molecule has 1 N–H and O–H groups in total. The van der Waals surface area contributed by atoms with Gasteiger partial charge in [-0.2, -0.15) is 0 Å². The molecule has 0 saturated carbocycles. The molecule has 0 amide bonds. The summed E-state index contributed by atoms with van der Waals surface area (Å²) in [5.41, 5.74) is 0. The van der Waals surface area contributed by atoms with Crippen LogP contribution in [0, 0.1) is 5.92 Å². The zero-order valence-electron chi connectivity index (χ0n) is 8.89. The van der Waals surface area contributed by atoms with Crippen molar-refractivity contribution in [3.63, 3.8) is 0 Å². The third-order valence-corrected chi connectivity index (χ3v) is 2.42. The summed E-state index contributed by atoms with van der Waals surface area (Å²) in [6.45, 7) is 8.67. The van der Waals surface area contributed by atoms with E-state index in [4.69, 9.17) is 4.74 Å². The van der Waals surface area contributed by atoms with Gasteiger partial charge in [-0.15, -0.1) is 0 Å². The van der Waals surface area contributed by atoms with Crippen molar-refractivity contribution in [1.29, 1.82) is 0 Å². The van der Waals surface area contributed by atoms with Crippen LogP contribution in [-0.2, 0) is 4.74 Å². The largest absolute Gasteiger partial charge is 0.380 e. The van der Waals surface area contributed by atoms with Gasteiger partial charge in [-0.3, -0.25) is 0 Å². The molecule has 0 rings (SSSR count). The molecule has 0 aliphatic heterocycles. The summed E-state index contributed by atoms with van der Waals surface area (Å²) in [5, 5.41) is 3.41. The average molecular weight is 173 g/mol. The maximum atomic E-state index is 5.14. The first-order valence-corrected chi connectivity index (χ1v) is 4.98. The number of rotatable bonds is 7. The maximum absolute atomic E-state index is 5.14. The van der Waals surface area contributed by atoms with Gasteiger partial charge in [0.2, 0.25) is 0 Å². The van der Waals surface area contributed by atoms with Crippen LogP contribution in [0.15, 0.2) is 0 Å². The van der Waals surface area contributed by atoms with E-state index in [1.165, 1.54) is 12.8 Å². The van der Waals surface area contributed by atoms with Crippen LogP contribution in [0.3, 0.4) is 0 Å². The van der Waals surface area contributed by atoms with Crippen LogP contribution < -0.4 is 5.32 Å². The number of ether oxygens (including phenoxy) is 1. The van der Waals surface area contributed by atoms with Crippen LogP contribution in [0.4, 0.5) is 0 Å². The fourth-order valence-electron chi connectivity index (χ4n) is 1.15. The standard InChI is InChI=1S/C10H23NO/c1-5-10(6-2)8-11-7-9(3)12-4/h9-11H,5-8H2,1-4H3. The van der Waals surface area contributed by atoms with Gasteiger partial charge >= 0.3 is 0 Å². The minimum absolute atomic E-state index is 0.333. The molecule has 0 radical (unpaired) electrons. The SMILES string of the molecule is CCC(CC)CNCC(C)OC. The van der Waals surface area contributed by atoms with Crippen molar-refractivity contribution >= 4 is 0 Å². The van der Waals surface area contributed by atoms with Crippen molar-refractivity contribution in [2.45, 2.75) is 39.7 Å². The van der Waals surface area contributed by atoms with Crippen LogP contribution in [0.2, 0.25) is 0 Å². The molecule has 0 spiro atoms. The monoisotopic (exact) mass is 173 g/mol. The second-order valence-corrected chi connectivity index (χ2v) is 3.39. The van der Waals surface area contributed by atoms with Gasteiger partial charge in [-0.1, -0.05) is 26.7 Å². The van der Waals surface area contributed by atoms with Gasteiger partial charge < -0.3 is 10.1 Å². The van der Waals surface area contributed by atoms with Gasteiger partial charge in [0.15, 0.2) is 0 Å². The second-order valence-electron chi connectivity index (χ2n) is 3.39. The molecule has 0 heterocycles. The van der Waals surface area contributed by atoms with Gasteiger partial charge in [0.05, 0.1) is 6.10 Å². The highest BCUT2D eigenvalue weighted by molar-refractivity contribution is 4.60. The molecule has 2 nitrogen and oxygen atoms in total. The van der Waals surface area contributed by atoms with Crippen LogP contribution in [-0.4, -0.2) is 26.3 Å². The molecule has 0 aromatic rings. The first-order chi connectivity index (χ1) is 5.74. The van der Waals surface area contributed by atoms with Gasteiger partial charge in [0.25, 0.3) is 0 Å². The van der Waals surface area contributed by atoms with Gasteiger partial charge in [-0.25, -0.2) is 0 Å². The highest BCUT2D eigenvalue weighted by Gasteiger charge is 2.03. The van der Waals surface area contributed by atoms with Crippen molar-refractivity contribution in [2.75, 3.05) is 20.2 Å². The summed E-state index contributed by atoms with van der Waals surface area (Å²) in [6, 6.07) is 0. The zero-order valence-corrected chi connectivity index (χ0v) is 8.89. The predicted octanol–water partition coefficient (Wildman–Crippen LogP) is 2.05. The molecule has 0 aliphatic rings. The Hall–Kier alpha value is -0.0800. The highest BCUT2D eigenvalue weighted by atomic mass is 16.5. The Labute approximate surface area is 76.7 Å². The maximum Gasteiger partial charge on any atom is 0.0667 e. The summed E-state index contributed by atoms with van der Waals surface area (Å²) in [5.74, 6) is 0.828. The molecular formula is C10H23NO. The predicted molar refractivity (Wildman–Crippen MR) is 53.4 cm³/mol. The van der Waals surface area contributed by atoms with Crippen molar-refractivity contribution in [1.82, 2.24) is 5.32 Å². The molecule has 0 saturated heterocycles. The van der Waals surface area contributed by atoms with Crippen LogP contribution in [0.1, 0.15) is 33.6 Å². The Balaban J connectivity index is 3.28. The van der Waals surface area contributed by atoms with E-state index in [1.807, 2.05) is 0 Å². The van der Waals surface area contributed by atoms with Crippen molar-refractivity contribution in [2.24, 2.45) is 5.92 Å². The molecule has 1 atom stereocenters. The quantitative estimate of drug-likeness (QED) is 0.636. The van der Waals surface area contributed by atoms with Gasteiger partial charge in [-0.05, 0) is 19.4 Å². The molecular weight excluding hydrogens is 150 g/mol. The topological polar surface area (TPSA) is 21.3 Å². The first kappa shape index (κ1) is 11.9. The smallest absolute Gasteiger partial charge is 0.0667 e. The lowest BCUT2D eigenvalue weighted by atomic mass is 10.0. The zero-order chi connectivity index (χ0) is 9.40. The Bertz CT molecular complexity index is 91.8. The minimum Gasteiger partial charge on any atom is -0.380 e. The van der Waals surface area contributed by atoms with Crippen molar-refractivity contribution < 1.29 is 4.74 Å². The fourth-order valence-corrected chi connectivity index (χ4v) is 1.15. The minimum atomic E-state index is 0.333. The molecule has 0 bridgehead atoms. The van der Waals surface area contributed by atoms with E-state index in [2.05, 4.69) is 26.1 Å². The van der Waals surface area contributed by atoms with E-state index in [0.29, 0.717) is 6.10 Å². The molecule has 1 unspecified atom stereocenters. The van der Waals surface area contributed by atoms with Gasteiger partial charge in [0, 0.05) is 13.7 Å². The Morgan fingerprint density at radius 1 is 1.17 bits per heavy atom. The molecule has 0 aromatic heterocycles. The van der Waals surface area contributed by atoms with E-state index >= 15 is 0 Å². The number of nitrogens with one attached hydrogen (secondary N) is 1. The van der Waals surface area contributed by atoms with Crippen molar-refractivity contribution in [3.05, 3.63) is 0 Å². The Morgan fingerprint density at radius 2 is 1.75 bits per heavy atom. The molecule has 12 heavy (non-hydrogen) atoms. The Kier molecular flexibility index (Phi) is 7.51. The third kappa shape index (κ3) is 5.56. The second kappa shape index (κ2) is 7.56. The number of methoxy groups -OCH3 is 1. The molecule has 0 fully saturated rings. The lowest BCUT2D eigenvalue weighted by Gasteiger charge is -2.15. The summed E-state index contributed by atoms with van der Waals surface area (Å²) in [7, 11) is 1.75. The average Bonchev–Trinajstić information content (AvgIpc) is 2.12. The normalized spacial score (nSPS) is 13.8. The lowest BCUT2D eigenvalue weighted by Crippen LogP contribution is -2.30. The summed E-state index contributed by atoms with van der Waals surface area (Å²) in [4.78, 5) is 0. The molecule has 0 aliphatic carbocycles. The van der Waals surface area contributed by atoms with Crippen LogP contribution >= 0.6 is 0 Å². The summed E-state index contributed by atoms with van der Waals surface area (Å²) >= 11 is 0. The van der Waals surface area contributed by atoms with E-state index in [0.717, 1.165) is 19.0 Å². The van der Waals surface area contributed by atoms with Crippen LogP contribution in [0.5, 0.6) is 0 Å². The van der Waals surface area contributed by atoms with E-state index < -0.39 is 0 Å².